The van der Waals surface area contributed by atoms with Gasteiger partial charge in [0.1, 0.15) is 0 Å². The van der Waals surface area contributed by atoms with Crippen molar-refractivity contribution in [2.75, 3.05) is 4.90 Å². The Hall–Kier alpha value is -2.99. The first-order valence-electron chi connectivity index (χ1n) is 9.49. The normalized spacial score (nSPS) is 26.8. The number of carbonyl (C=O) groups excluding carboxylic acids is 3. The molecular weight excluding hydrogens is 354 g/mol. The third-order valence-electron chi connectivity index (χ3n) is 5.80. The fourth-order valence-electron chi connectivity index (χ4n) is 4.45. The lowest BCUT2D eigenvalue weighted by molar-refractivity contribution is -0.123. The van der Waals surface area contributed by atoms with Crippen molar-refractivity contribution in [1.82, 2.24) is 5.32 Å². The summed E-state index contributed by atoms with van der Waals surface area (Å²) < 4.78 is 0. The summed E-state index contributed by atoms with van der Waals surface area (Å²) in [6.07, 6.45) is 0. The lowest BCUT2D eigenvalue weighted by Gasteiger charge is -2.24. The van der Waals surface area contributed by atoms with Crippen molar-refractivity contribution in [3.05, 3.63) is 65.7 Å². The Balaban J connectivity index is 1.73. The Kier molecular flexibility index (Phi) is 4.51. The van der Waals surface area contributed by atoms with E-state index in [2.05, 4.69) is 19.2 Å². The second-order valence-corrected chi connectivity index (χ2v) is 7.80. The van der Waals surface area contributed by atoms with Gasteiger partial charge in [0.25, 0.3) is 0 Å². The maximum absolute atomic E-state index is 13.3. The number of anilines is 1. The highest BCUT2D eigenvalue weighted by Gasteiger charge is 2.59. The molecule has 6 heteroatoms. The first-order valence-corrected chi connectivity index (χ1v) is 9.49. The number of nitrogens with one attached hydrogen (secondary N) is 1. The van der Waals surface area contributed by atoms with Crippen LogP contribution in [0.5, 0.6) is 0 Å². The van der Waals surface area contributed by atoms with E-state index in [0.29, 0.717) is 11.3 Å². The summed E-state index contributed by atoms with van der Waals surface area (Å²) in [7, 11) is 0. The SMILES string of the molecule is CC(C)C1NC(c2ccc(C(N)=O)cc2)C2C(=O)N(c3ccccc3)C(=O)C12. The van der Waals surface area contributed by atoms with Gasteiger partial charge in [-0.2, -0.15) is 0 Å². The largest absolute Gasteiger partial charge is 0.366 e. The quantitative estimate of drug-likeness (QED) is 0.800. The summed E-state index contributed by atoms with van der Waals surface area (Å²) in [5.41, 5.74) is 7.23. The van der Waals surface area contributed by atoms with Gasteiger partial charge in [0.2, 0.25) is 17.7 Å². The number of hydrogen-bond acceptors (Lipinski definition) is 4. The highest BCUT2D eigenvalue weighted by Crippen LogP contribution is 2.46. The number of rotatable bonds is 4. The van der Waals surface area contributed by atoms with Gasteiger partial charge in [-0.15, -0.1) is 0 Å². The van der Waals surface area contributed by atoms with Crippen LogP contribution in [0.4, 0.5) is 5.69 Å². The van der Waals surface area contributed by atoms with Crippen LogP contribution in [0.1, 0.15) is 35.8 Å². The van der Waals surface area contributed by atoms with Crippen molar-refractivity contribution >= 4 is 23.4 Å². The van der Waals surface area contributed by atoms with Crippen molar-refractivity contribution in [2.24, 2.45) is 23.5 Å². The number of primary amides is 1. The van der Waals surface area contributed by atoms with Crippen molar-refractivity contribution in [2.45, 2.75) is 25.9 Å². The number of amides is 3. The van der Waals surface area contributed by atoms with Crippen LogP contribution in [-0.2, 0) is 9.59 Å². The van der Waals surface area contributed by atoms with Gasteiger partial charge in [-0.3, -0.25) is 14.4 Å². The van der Waals surface area contributed by atoms with Gasteiger partial charge in [-0.05, 0) is 35.7 Å². The van der Waals surface area contributed by atoms with E-state index in [1.807, 2.05) is 18.2 Å². The average Bonchev–Trinajstić information content (AvgIpc) is 3.20. The summed E-state index contributed by atoms with van der Waals surface area (Å²) in [4.78, 5) is 39.2. The molecule has 0 bridgehead atoms. The van der Waals surface area contributed by atoms with Crippen LogP contribution in [0.15, 0.2) is 54.6 Å². The van der Waals surface area contributed by atoms with E-state index in [0.717, 1.165) is 5.56 Å². The molecule has 4 atom stereocenters. The van der Waals surface area contributed by atoms with Gasteiger partial charge in [-0.1, -0.05) is 44.2 Å². The van der Waals surface area contributed by atoms with E-state index in [9.17, 15) is 14.4 Å². The standard InChI is InChI=1S/C22H23N3O3/c1-12(2)18-16-17(19(24-18)13-8-10-14(11-9-13)20(23)26)22(28)25(21(16)27)15-6-4-3-5-7-15/h3-12,16-19,24H,1-2H3,(H2,23,26). The minimum atomic E-state index is -0.494. The smallest absolute Gasteiger partial charge is 0.248 e. The van der Waals surface area contributed by atoms with Crippen LogP contribution in [0.25, 0.3) is 0 Å². The molecule has 2 aliphatic rings. The van der Waals surface area contributed by atoms with Gasteiger partial charge < -0.3 is 11.1 Å². The molecule has 2 fully saturated rings. The molecule has 2 aliphatic heterocycles. The van der Waals surface area contributed by atoms with Crippen LogP contribution in [0, 0.1) is 17.8 Å². The maximum Gasteiger partial charge on any atom is 0.248 e. The van der Waals surface area contributed by atoms with Crippen molar-refractivity contribution in [1.29, 1.82) is 0 Å². The summed E-state index contributed by atoms with van der Waals surface area (Å²) >= 11 is 0. The van der Waals surface area contributed by atoms with Crippen molar-refractivity contribution < 1.29 is 14.4 Å². The highest BCUT2D eigenvalue weighted by molar-refractivity contribution is 6.22. The minimum Gasteiger partial charge on any atom is -0.366 e. The minimum absolute atomic E-state index is 0.101. The number of imide groups is 1. The number of carbonyl (C=O) groups is 3. The Morgan fingerprint density at radius 1 is 0.964 bits per heavy atom. The van der Waals surface area contributed by atoms with Crippen LogP contribution in [0.3, 0.4) is 0 Å². The molecule has 0 aromatic heterocycles. The molecule has 2 saturated heterocycles. The summed E-state index contributed by atoms with van der Waals surface area (Å²) in [6.45, 7) is 4.10. The van der Waals surface area contributed by atoms with Gasteiger partial charge in [0.05, 0.1) is 17.5 Å². The third-order valence-corrected chi connectivity index (χ3v) is 5.80. The van der Waals surface area contributed by atoms with Crippen LogP contribution >= 0.6 is 0 Å². The van der Waals surface area contributed by atoms with E-state index in [4.69, 9.17) is 5.73 Å². The molecule has 3 amide bonds. The molecule has 6 nitrogen and oxygen atoms in total. The Morgan fingerprint density at radius 3 is 2.14 bits per heavy atom. The molecule has 4 rings (SSSR count). The molecular formula is C22H23N3O3. The Labute approximate surface area is 163 Å². The molecule has 144 valence electrons. The van der Waals surface area contributed by atoms with Gasteiger partial charge >= 0.3 is 0 Å². The number of nitrogens with two attached hydrogens (primary N) is 1. The van der Waals surface area contributed by atoms with Gasteiger partial charge in [-0.25, -0.2) is 4.90 Å². The molecule has 4 unspecified atom stereocenters. The molecule has 3 N–H and O–H groups in total. The van der Waals surface area contributed by atoms with Gasteiger partial charge in [0, 0.05) is 17.6 Å². The Morgan fingerprint density at radius 2 is 1.57 bits per heavy atom. The third kappa shape index (κ3) is 2.81. The predicted octanol–water partition coefficient (Wildman–Crippen LogP) is 2.26. The number of nitrogens with zero attached hydrogens (tertiary/aromatic N) is 1. The second-order valence-electron chi connectivity index (χ2n) is 7.80. The second kappa shape index (κ2) is 6.87. The highest BCUT2D eigenvalue weighted by atomic mass is 16.2. The zero-order valence-electron chi connectivity index (χ0n) is 15.8. The van der Waals surface area contributed by atoms with E-state index in [1.54, 1.807) is 36.4 Å². The summed E-state index contributed by atoms with van der Waals surface area (Å²) in [5.74, 6) is -1.52. The Bertz CT molecular complexity index is 924. The molecule has 2 heterocycles. The lowest BCUT2D eigenvalue weighted by Crippen LogP contribution is -2.41. The first-order chi connectivity index (χ1) is 13.4. The lowest BCUT2D eigenvalue weighted by atomic mass is 9.83. The monoisotopic (exact) mass is 377 g/mol. The van der Waals surface area contributed by atoms with Crippen LogP contribution in [0.2, 0.25) is 0 Å². The molecule has 2 aromatic rings. The topological polar surface area (TPSA) is 92.5 Å². The van der Waals surface area contributed by atoms with E-state index in [-0.39, 0.29) is 29.8 Å². The molecule has 0 radical (unpaired) electrons. The number of benzene rings is 2. The fourth-order valence-corrected chi connectivity index (χ4v) is 4.45. The summed E-state index contributed by atoms with van der Waals surface area (Å²) in [6, 6.07) is 15.6. The number of para-hydroxylation sites is 1. The number of hydrogen-bond donors (Lipinski definition) is 2. The van der Waals surface area contributed by atoms with Crippen LogP contribution in [-0.4, -0.2) is 23.8 Å². The zero-order chi connectivity index (χ0) is 20.0. The van der Waals surface area contributed by atoms with E-state index in [1.165, 1.54) is 4.90 Å². The van der Waals surface area contributed by atoms with E-state index < -0.39 is 17.7 Å². The fraction of sp³-hybridized carbons (Fsp3) is 0.318. The zero-order valence-corrected chi connectivity index (χ0v) is 15.8. The first kappa shape index (κ1) is 18.4. The molecule has 0 aliphatic carbocycles. The predicted molar refractivity (Wildman–Crippen MR) is 105 cm³/mol. The molecule has 0 saturated carbocycles. The van der Waals surface area contributed by atoms with Crippen molar-refractivity contribution in [3.8, 4) is 0 Å². The van der Waals surface area contributed by atoms with Gasteiger partial charge in [0.15, 0.2) is 0 Å². The summed E-state index contributed by atoms with van der Waals surface area (Å²) in [5, 5.41) is 3.51. The van der Waals surface area contributed by atoms with E-state index >= 15 is 0 Å². The average molecular weight is 377 g/mol. The van der Waals surface area contributed by atoms with Crippen LogP contribution < -0.4 is 16.0 Å². The maximum atomic E-state index is 13.3. The van der Waals surface area contributed by atoms with Crippen molar-refractivity contribution in [3.63, 3.8) is 0 Å². The molecule has 28 heavy (non-hydrogen) atoms. The molecule has 2 aromatic carbocycles. The molecule has 0 spiro atoms. The number of fused-ring (bicyclic) bond motifs is 1.